The third-order valence-electron chi connectivity index (χ3n) is 6.75. The average molecular weight is 451 g/mol. The molecule has 0 aliphatic heterocycles. The molecule has 0 radical (unpaired) electrons. The summed E-state index contributed by atoms with van der Waals surface area (Å²) >= 11 is 0. The molecule has 1 fully saturated rings. The van der Waals surface area contributed by atoms with Gasteiger partial charge in [-0.15, -0.1) is 0 Å². The highest BCUT2D eigenvalue weighted by atomic mass is 19.2. The Bertz CT molecular complexity index is 888. The Morgan fingerprint density at radius 3 is 2.00 bits per heavy atom. The maximum atomic E-state index is 15.0. The van der Waals surface area contributed by atoms with E-state index in [2.05, 4.69) is 6.92 Å². The highest BCUT2D eigenvalue weighted by Crippen LogP contribution is 2.41. The fourth-order valence-corrected chi connectivity index (χ4v) is 4.89. The van der Waals surface area contributed by atoms with Gasteiger partial charge in [0.05, 0.1) is 6.61 Å². The lowest BCUT2D eigenvalue weighted by Crippen LogP contribution is -2.15. The lowest BCUT2D eigenvalue weighted by molar-refractivity contribution is 0.297. The van der Waals surface area contributed by atoms with Crippen LogP contribution in [0.1, 0.15) is 89.5 Å². The molecule has 5 heteroatoms. The van der Waals surface area contributed by atoms with Crippen LogP contribution in [-0.4, -0.2) is 6.61 Å². The normalized spacial score (nSPS) is 18.7. The van der Waals surface area contributed by atoms with E-state index in [1.165, 1.54) is 62.8 Å². The van der Waals surface area contributed by atoms with Crippen LogP contribution in [0.25, 0.3) is 11.1 Å². The molecule has 1 aliphatic carbocycles. The molecule has 3 rings (SSSR count). The van der Waals surface area contributed by atoms with Gasteiger partial charge in [-0.1, -0.05) is 57.6 Å². The van der Waals surface area contributed by atoms with Crippen molar-refractivity contribution >= 4 is 0 Å². The van der Waals surface area contributed by atoms with Crippen LogP contribution >= 0.6 is 0 Å². The van der Waals surface area contributed by atoms with Crippen LogP contribution < -0.4 is 4.74 Å². The molecule has 176 valence electrons. The van der Waals surface area contributed by atoms with E-state index >= 15 is 0 Å². The van der Waals surface area contributed by atoms with Crippen LogP contribution in [0, 0.1) is 29.2 Å². The Hall–Kier alpha value is -2.04. The highest BCUT2D eigenvalue weighted by molar-refractivity contribution is 5.66. The van der Waals surface area contributed by atoms with E-state index in [4.69, 9.17) is 4.74 Å². The van der Waals surface area contributed by atoms with E-state index in [1.54, 1.807) is 6.92 Å². The summed E-state index contributed by atoms with van der Waals surface area (Å²) in [6.07, 6.45) is 11.3. The summed E-state index contributed by atoms with van der Waals surface area (Å²) in [5.41, 5.74) is -0.230. The highest BCUT2D eigenvalue weighted by Gasteiger charge is 2.27. The zero-order valence-corrected chi connectivity index (χ0v) is 19.2. The molecule has 1 nitrogen and oxygen atoms in total. The second kappa shape index (κ2) is 11.7. The molecule has 1 saturated carbocycles. The molecule has 1 aliphatic rings. The van der Waals surface area contributed by atoms with E-state index in [-0.39, 0.29) is 29.4 Å². The van der Waals surface area contributed by atoms with Crippen LogP contribution in [0.4, 0.5) is 17.6 Å². The molecule has 2 aromatic carbocycles. The van der Waals surface area contributed by atoms with Crippen LogP contribution in [0.15, 0.2) is 24.3 Å². The fourth-order valence-electron chi connectivity index (χ4n) is 4.89. The van der Waals surface area contributed by atoms with Crippen LogP contribution in [0.5, 0.6) is 5.75 Å². The van der Waals surface area contributed by atoms with Crippen LogP contribution in [-0.2, 0) is 0 Å². The van der Waals surface area contributed by atoms with Gasteiger partial charge in [0.15, 0.2) is 23.2 Å². The number of ether oxygens (including phenoxy) is 1. The second-order valence-electron chi connectivity index (χ2n) is 8.92. The Kier molecular flexibility index (Phi) is 9.01. The molecule has 0 N–H and O–H groups in total. The molecule has 0 atom stereocenters. The van der Waals surface area contributed by atoms with Crippen molar-refractivity contribution in [2.45, 2.75) is 84.0 Å². The topological polar surface area (TPSA) is 9.23 Å². The Balaban J connectivity index is 1.68. The lowest BCUT2D eigenvalue weighted by Gasteiger charge is -2.29. The van der Waals surface area contributed by atoms with Gasteiger partial charge in [-0.25, -0.2) is 13.2 Å². The number of rotatable bonds is 10. The summed E-state index contributed by atoms with van der Waals surface area (Å²) in [7, 11) is 0. The van der Waals surface area contributed by atoms with Gasteiger partial charge < -0.3 is 4.74 Å². The molecule has 0 unspecified atom stereocenters. The summed E-state index contributed by atoms with van der Waals surface area (Å²) in [5, 5.41) is 0. The molecule has 0 heterocycles. The fraction of sp³-hybridized carbons (Fsp3) is 0.556. The largest absolute Gasteiger partial charge is 0.491 e. The first-order valence-corrected chi connectivity index (χ1v) is 12.1. The summed E-state index contributed by atoms with van der Waals surface area (Å²) in [5.74, 6) is -4.10. The molecule has 2 aromatic rings. The molecule has 0 spiro atoms. The van der Waals surface area contributed by atoms with E-state index in [0.717, 1.165) is 25.7 Å². The maximum Gasteiger partial charge on any atom is 0.201 e. The van der Waals surface area contributed by atoms with Gasteiger partial charge in [0.2, 0.25) is 5.82 Å². The predicted molar refractivity (Wildman–Crippen MR) is 121 cm³/mol. The molecule has 0 bridgehead atoms. The zero-order chi connectivity index (χ0) is 23.1. The number of hydrogen-bond acceptors (Lipinski definition) is 1. The first-order chi connectivity index (χ1) is 15.5. The van der Waals surface area contributed by atoms with Gasteiger partial charge >= 0.3 is 0 Å². The van der Waals surface area contributed by atoms with E-state index in [9.17, 15) is 17.6 Å². The van der Waals surface area contributed by atoms with Crippen LogP contribution in [0.3, 0.4) is 0 Å². The van der Waals surface area contributed by atoms with Gasteiger partial charge in [0.25, 0.3) is 0 Å². The average Bonchev–Trinajstić information content (AvgIpc) is 2.80. The Labute approximate surface area is 189 Å². The van der Waals surface area contributed by atoms with Crippen molar-refractivity contribution in [1.82, 2.24) is 0 Å². The standard InChI is InChI=1S/C27H34F4O/c1-3-5-6-7-8-9-18-10-12-19(13-11-18)20-14-15-21(25(29)24(20)28)22-16-17-23(32-4-2)27(31)26(22)30/h14-19H,3-13H2,1-2H3. The molecule has 32 heavy (non-hydrogen) atoms. The summed E-state index contributed by atoms with van der Waals surface area (Å²) in [6.45, 7) is 4.04. The van der Waals surface area contributed by atoms with Crippen molar-refractivity contribution in [1.29, 1.82) is 0 Å². The minimum absolute atomic E-state index is 0.0307. The predicted octanol–water partition coefficient (Wildman–Crippen LogP) is 8.94. The summed E-state index contributed by atoms with van der Waals surface area (Å²) in [6, 6.07) is 5.38. The van der Waals surface area contributed by atoms with Crippen molar-refractivity contribution < 1.29 is 22.3 Å². The van der Waals surface area contributed by atoms with Crippen molar-refractivity contribution in [3.8, 4) is 16.9 Å². The monoisotopic (exact) mass is 450 g/mol. The van der Waals surface area contributed by atoms with Crippen molar-refractivity contribution in [2.24, 2.45) is 5.92 Å². The number of hydrogen-bond donors (Lipinski definition) is 0. The Morgan fingerprint density at radius 2 is 1.34 bits per heavy atom. The minimum Gasteiger partial charge on any atom is -0.491 e. The molecular weight excluding hydrogens is 416 g/mol. The third-order valence-corrected chi connectivity index (χ3v) is 6.75. The molecule has 0 amide bonds. The first kappa shape index (κ1) is 24.6. The smallest absolute Gasteiger partial charge is 0.201 e. The van der Waals surface area contributed by atoms with Gasteiger partial charge in [0.1, 0.15) is 0 Å². The SMILES string of the molecule is CCCCCCCC1CCC(c2ccc(-c3ccc(OCC)c(F)c3F)c(F)c2F)CC1. The summed E-state index contributed by atoms with van der Waals surface area (Å²) in [4.78, 5) is 0. The first-order valence-electron chi connectivity index (χ1n) is 12.1. The second-order valence-corrected chi connectivity index (χ2v) is 8.92. The van der Waals surface area contributed by atoms with Crippen molar-refractivity contribution in [3.05, 3.63) is 53.1 Å². The molecule has 0 aromatic heterocycles. The van der Waals surface area contributed by atoms with E-state index < -0.39 is 23.3 Å². The Morgan fingerprint density at radius 1 is 0.719 bits per heavy atom. The van der Waals surface area contributed by atoms with Gasteiger partial charge in [-0.05, 0) is 62.1 Å². The minimum atomic E-state index is -1.23. The summed E-state index contributed by atoms with van der Waals surface area (Å²) < 4.78 is 63.6. The van der Waals surface area contributed by atoms with Crippen LogP contribution in [0.2, 0.25) is 0 Å². The third kappa shape index (κ3) is 5.65. The molecular formula is C27H34F4O. The van der Waals surface area contributed by atoms with E-state index in [0.29, 0.717) is 11.5 Å². The lowest BCUT2D eigenvalue weighted by atomic mass is 9.76. The zero-order valence-electron chi connectivity index (χ0n) is 19.2. The van der Waals surface area contributed by atoms with E-state index in [1.807, 2.05) is 0 Å². The van der Waals surface area contributed by atoms with Gasteiger partial charge in [0, 0.05) is 11.1 Å². The molecule has 0 saturated heterocycles. The number of benzene rings is 2. The quantitative estimate of drug-likeness (QED) is 0.259. The number of halogens is 4. The number of unbranched alkanes of at least 4 members (excludes halogenated alkanes) is 4. The van der Waals surface area contributed by atoms with Gasteiger partial charge in [-0.3, -0.25) is 0 Å². The van der Waals surface area contributed by atoms with Crippen molar-refractivity contribution in [2.75, 3.05) is 6.61 Å². The van der Waals surface area contributed by atoms with Crippen molar-refractivity contribution in [3.63, 3.8) is 0 Å². The van der Waals surface area contributed by atoms with Gasteiger partial charge in [-0.2, -0.15) is 4.39 Å². The maximum absolute atomic E-state index is 15.0.